The SMILES string of the molecule is COc1ccc(C)cc1NC(=O)C1(c2cccc(F)c2)CCC1. The average Bonchev–Trinajstić information content (AvgIpc) is 2.46. The van der Waals surface area contributed by atoms with E-state index >= 15 is 0 Å². The van der Waals surface area contributed by atoms with Gasteiger partial charge >= 0.3 is 0 Å². The molecule has 3 nitrogen and oxygen atoms in total. The topological polar surface area (TPSA) is 38.3 Å². The predicted octanol–water partition coefficient (Wildman–Crippen LogP) is 4.20. The van der Waals surface area contributed by atoms with Gasteiger partial charge in [0.05, 0.1) is 18.2 Å². The molecule has 4 heteroatoms. The van der Waals surface area contributed by atoms with Gasteiger partial charge in [0, 0.05) is 0 Å². The van der Waals surface area contributed by atoms with Gasteiger partial charge in [-0.05, 0) is 55.2 Å². The fraction of sp³-hybridized carbons (Fsp3) is 0.316. The third-order valence-corrected chi connectivity index (χ3v) is 4.62. The monoisotopic (exact) mass is 313 g/mol. The molecule has 23 heavy (non-hydrogen) atoms. The summed E-state index contributed by atoms with van der Waals surface area (Å²) in [4.78, 5) is 12.9. The zero-order chi connectivity index (χ0) is 16.4. The summed E-state index contributed by atoms with van der Waals surface area (Å²) in [5, 5.41) is 2.98. The van der Waals surface area contributed by atoms with Crippen molar-refractivity contribution in [2.45, 2.75) is 31.6 Å². The summed E-state index contributed by atoms with van der Waals surface area (Å²) in [6.07, 6.45) is 2.43. The maximum absolute atomic E-state index is 13.6. The molecule has 0 heterocycles. The van der Waals surface area contributed by atoms with Crippen molar-refractivity contribution >= 4 is 11.6 Å². The Morgan fingerprint density at radius 2 is 2.00 bits per heavy atom. The molecule has 1 N–H and O–H groups in total. The second-order valence-electron chi connectivity index (χ2n) is 6.10. The van der Waals surface area contributed by atoms with Crippen LogP contribution in [-0.4, -0.2) is 13.0 Å². The number of benzene rings is 2. The minimum absolute atomic E-state index is 0.0988. The van der Waals surface area contributed by atoms with Crippen molar-refractivity contribution in [3.63, 3.8) is 0 Å². The van der Waals surface area contributed by atoms with Crippen LogP contribution in [0.1, 0.15) is 30.4 Å². The number of amides is 1. The number of carbonyl (C=O) groups is 1. The summed E-state index contributed by atoms with van der Waals surface area (Å²) in [5.41, 5.74) is 1.79. The van der Waals surface area contributed by atoms with Crippen molar-refractivity contribution in [3.05, 3.63) is 59.4 Å². The first-order valence-electron chi connectivity index (χ1n) is 7.77. The smallest absolute Gasteiger partial charge is 0.235 e. The van der Waals surface area contributed by atoms with Crippen LogP contribution >= 0.6 is 0 Å². The average molecular weight is 313 g/mol. The van der Waals surface area contributed by atoms with Crippen LogP contribution in [0.4, 0.5) is 10.1 Å². The maximum atomic E-state index is 13.6. The van der Waals surface area contributed by atoms with E-state index in [4.69, 9.17) is 4.74 Å². The van der Waals surface area contributed by atoms with Gasteiger partial charge in [0.15, 0.2) is 0 Å². The summed E-state index contributed by atoms with van der Waals surface area (Å²) in [6, 6.07) is 12.0. The van der Waals surface area contributed by atoms with Gasteiger partial charge in [-0.15, -0.1) is 0 Å². The van der Waals surface area contributed by atoms with Crippen LogP contribution < -0.4 is 10.1 Å². The van der Waals surface area contributed by atoms with E-state index in [9.17, 15) is 9.18 Å². The number of halogens is 1. The standard InChI is InChI=1S/C19H20FNO2/c1-13-7-8-17(23-2)16(11-13)21-18(22)19(9-4-10-19)14-5-3-6-15(20)12-14/h3,5-8,11-12H,4,9-10H2,1-2H3,(H,21,22). The van der Waals surface area contributed by atoms with Gasteiger partial charge in [-0.3, -0.25) is 4.79 Å². The van der Waals surface area contributed by atoms with Crippen LogP contribution in [0.5, 0.6) is 5.75 Å². The predicted molar refractivity (Wildman–Crippen MR) is 88.3 cm³/mol. The number of hydrogen-bond donors (Lipinski definition) is 1. The number of rotatable bonds is 4. The van der Waals surface area contributed by atoms with Gasteiger partial charge in [-0.1, -0.05) is 24.6 Å². The molecule has 1 fully saturated rings. The van der Waals surface area contributed by atoms with E-state index in [1.807, 2.05) is 31.2 Å². The molecule has 2 aromatic carbocycles. The Labute approximate surface area is 135 Å². The normalized spacial score (nSPS) is 15.6. The van der Waals surface area contributed by atoms with Gasteiger partial charge in [0.25, 0.3) is 0 Å². The highest BCUT2D eigenvalue weighted by molar-refractivity contribution is 6.01. The lowest BCUT2D eigenvalue weighted by atomic mass is 9.63. The largest absolute Gasteiger partial charge is 0.495 e. The summed E-state index contributed by atoms with van der Waals surface area (Å²) in [7, 11) is 1.58. The first kappa shape index (κ1) is 15.5. The number of aryl methyl sites for hydroxylation is 1. The lowest BCUT2D eigenvalue weighted by Crippen LogP contribution is -2.46. The van der Waals surface area contributed by atoms with E-state index in [-0.39, 0.29) is 11.7 Å². The van der Waals surface area contributed by atoms with Crippen molar-refractivity contribution in [2.75, 3.05) is 12.4 Å². The van der Waals surface area contributed by atoms with E-state index < -0.39 is 5.41 Å². The minimum atomic E-state index is -0.642. The van der Waals surface area contributed by atoms with E-state index in [1.54, 1.807) is 13.2 Å². The Morgan fingerprint density at radius 1 is 1.22 bits per heavy atom. The molecule has 0 atom stereocenters. The Hall–Kier alpha value is -2.36. The van der Waals surface area contributed by atoms with Crippen LogP contribution in [0.3, 0.4) is 0 Å². The molecule has 3 rings (SSSR count). The third kappa shape index (κ3) is 2.81. The molecule has 1 aliphatic rings. The van der Waals surface area contributed by atoms with Crippen molar-refractivity contribution in [2.24, 2.45) is 0 Å². The van der Waals surface area contributed by atoms with Gasteiger partial charge in [-0.25, -0.2) is 4.39 Å². The van der Waals surface area contributed by atoms with Crippen molar-refractivity contribution in [1.82, 2.24) is 0 Å². The van der Waals surface area contributed by atoms with E-state index in [2.05, 4.69) is 5.32 Å². The molecule has 0 radical (unpaired) electrons. The zero-order valence-corrected chi connectivity index (χ0v) is 13.4. The molecule has 0 saturated heterocycles. The first-order valence-corrected chi connectivity index (χ1v) is 7.77. The van der Waals surface area contributed by atoms with Crippen molar-refractivity contribution in [1.29, 1.82) is 0 Å². The van der Waals surface area contributed by atoms with E-state index in [1.165, 1.54) is 12.1 Å². The molecule has 0 bridgehead atoms. The second-order valence-corrected chi connectivity index (χ2v) is 6.10. The molecule has 0 unspecified atom stereocenters. The lowest BCUT2D eigenvalue weighted by molar-refractivity contribution is -0.124. The fourth-order valence-electron chi connectivity index (χ4n) is 3.12. The maximum Gasteiger partial charge on any atom is 0.235 e. The lowest BCUT2D eigenvalue weighted by Gasteiger charge is -2.40. The Kier molecular flexibility index (Phi) is 4.07. The highest BCUT2D eigenvalue weighted by atomic mass is 19.1. The molecule has 0 spiro atoms. The number of ether oxygens (including phenoxy) is 1. The summed E-state index contributed by atoms with van der Waals surface area (Å²) in [5.74, 6) is 0.214. The van der Waals surface area contributed by atoms with E-state index in [0.717, 1.165) is 30.4 Å². The zero-order valence-electron chi connectivity index (χ0n) is 13.4. The van der Waals surface area contributed by atoms with Gasteiger partial charge < -0.3 is 10.1 Å². The second kappa shape index (κ2) is 6.03. The van der Waals surface area contributed by atoms with Crippen LogP contribution in [0.25, 0.3) is 0 Å². The number of anilines is 1. The number of carbonyl (C=O) groups excluding carboxylic acids is 1. The summed E-state index contributed by atoms with van der Waals surface area (Å²) < 4.78 is 18.9. The van der Waals surface area contributed by atoms with Crippen LogP contribution in [0.2, 0.25) is 0 Å². The first-order chi connectivity index (χ1) is 11.0. The molecule has 1 saturated carbocycles. The highest BCUT2D eigenvalue weighted by Gasteiger charge is 2.46. The summed E-state index contributed by atoms with van der Waals surface area (Å²) >= 11 is 0. The van der Waals surface area contributed by atoms with Gasteiger partial charge in [0.1, 0.15) is 11.6 Å². The molecular weight excluding hydrogens is 293 g/mol. The molecule has 0 aliphatic heterocycles. The molecular formula is C19H20FNO2. The minimum Gasteiger partial charge on any atom is -0.495 e. The van der Waals surface area contributed by atoms with Crippen molar-refractivity contribution in [3.8, 4) is 5.75 Å². The molecule has 120 valence electrons. The van der Waals surface area contributed by atoms with Crippen LogP contribution in [0, 0.1) is 12.7 Å². The van der Waals surface area contributed by atoms with Gasteiger partial charge in [-0.2, -0.15) is 0 Å². The molecule has 1 amide bonds. The quantitative estimate of drug-likeness (QED) is 0.918. The number of nitrogens with one attached hydrogen (secondary N) is 1. The molecule has 0 aromatic heterocycles. The van der Waals surface area contributed by atoms with Crippen molar-refractivity contribution < 1.29 is 13.9 Å². The third-order valence-electron chi connectivity index (χ3n) is 4.62. The fourth-order valence-corrected chi connectivity index (χ4v) is 3.12. The van der Waals surface area contributed by atoms with Gasteiger partial charge in [0.2, 0.25) is 5.91 Å². The summed E-state index contributed by atoms with van der Waals surface area (Å²) in [6.45, 7) is 1.96. The Balaban J connectivity index is 1.91. The Bertz CT molecular complexity index is 738. The molecule has 1 aliphatic carbocycles. The number of methoxy groups -OCH3 is 1. The van der Waals surface area contributed by atoms with Crippen LogP contribution in [0.15, 0.2) is 42.5 Å². The van der Waals surface area contributed by atoms with E-state index in [0.29, 0.717) is 11.4 Å². The highest BCUT2D eigenvalue weighted by Crippen LogP contribution is 2.45. The number of hydrogen-bond acceptors (Lipinski definition) is 2. The molecule has 2 aromatic rings. The van der Waals surface area contributed by atoms with Crippen LogP contribution in [-0.2, 0) is 10.2 Å². The Morgan fingerprint density at radius 3 is 2.61 bits per heavy atom.